The SMILES string of the molecule is COc1ccc(/C=C/C(=O)N2CC(Nc3ncccn3)C2)cc1. The molecule has 0 bridgehead atoms. The van der Waals surface area contributed by atoms with Gasteiger partial charge in [-0.25, -0.2) is 9.97 Å². The molecular weight excluding hydrogens is 292 g/mol. The van der Waals surface area contributed by atoms with E-state index >= 15 is 0 Å². The summed E-state index contributed by atoms with van der Waals surface area (Å²) < 4.78 is 5.10. The van der Waals surface area contributed by atoms with E-state index in [1.165, 1.54) is 0 Å². The second kappa shape index (κ2) is 6.91. The Balaban J connectivity index is 1.47. The first-order valence-corrected chi connectivity index (χ1v) is 7.39. The van der Waals surface area contributed by atoms with E-state index in [1.807, 2.05) is 30.3 Å². The van der Waals surface area contributed by atoms with Crippen LogP contribution in [0.3, 0.4) is 0 Å². The number of hydrogen-bond acceptors (Lipinski definition) is 5. The fourth-order valence-electron chi connectivity index (χ4n) is 2.29. The molecule has 1 aromatic heterocycles. The number of aromatic nitrogens is 2. The second-order valence-electron chi connectivity index (χ2n) is 5.26. The van der Waals surface area contributed by atoms with Gasteiger partial charge in [0, 0.05) is 31.6 Å². The summed E-state index contributed by atoms with van der Waals surface area (Å²) in [7, 11) is 1.63. The number of rotatable bonds is 5. The molecule has 0 aliphatic carbocycles. The van der Waals surface area contributed by atoms with Crippen LogP contribution in [0.5, 0.6) is 5.75 Å². The van der Waals surface area contributed by atoms with E-state index in [4.69, 9.17) is 4.74 Å². The summed E-state index contributed by atoms with van der Waals surface area (Å²) in [6, 6.07) is 9.54. The van der Waals surface area contributed by atoms with E-state index in [0.29, 0.717) is 19.0 Å². The first kappa shape index (κ1) is 15.0. The summed E-state index contributed by atoms with van der Waals surface area (Å²) in [6.07, 6.45) is 6.78. The number of amides is 1. The molecule has 1 amide bonds. The lowest BCUT2D eigenvalue weighted by atomic mass is 10.1. The quantitative estimate of drug-likeness (QED) is 0.853. The third kappa shape index (κ3) is 3.85. The highest BCUT2D eigenvalue weighted by Crippen LogP contribution is 2.15. The van der Waals surface area contributed by atoms with Gasteiger partial charge in [-0.1, -0.05) is 12.1 Å². The lowest BCUT2D eigenvalue weighted by Gasteiger charge is -2.38. The summed E-state index contributed by atoms with van der Waals surface area (Å²) in [6.45, 7) is 1.31. The summed E-state index contributed by atoms with van der Waals surface area (Å²) in [4.78, 5) is 22.1. The predicted octanol–water partition coefficient (Wildman–Crippen LogP) is 1.82. The molecule has 6 nitrogen and oxygen atoms in total. The molecular formula is C17H18N4O2. The summed E-state index contributed by atoms with van der Waals surface area (Å²) in [5.41, 5.74) is 0.965. The van der Waals surface area contributed by atoms with Gasteiger partial charge in [0.2, 0.25) is 11.9 Å². The monoisotopic (exact) mass is 310 g/mol. The lowest BCUT2D eigenvalue weighted by molar-refractivity contribution is -0.129. The normalized spacial score (nSPS) is 14.6. The molecule has 0 atom stereocenters. The number of carbonyl (C=O) groups is 1. The van der Waals surface area contributed by atoms with Crippen molar-refractivity contribution in [3.63, 3.8) is 0 Å². The fourth-order valence-corrected chi connectivity index (χ4v) is 2.29. The molecule has 1 aliphatic heterocycles. The van der Waals surface area contributed by atoms with Crippen LogP contribution in [-0.2, 0) is 4.79 Å². The molecule has 1 fully saturated rings. The minimum Gasteiger partial charge on any atom is -0.497 e. The van der Waals surface area contributed by atoms with Gasteiger partial charge in [0.1, 0.15) is 5.75 Å². The van der Waals surface area contributed by atoms with Crippen molar-refractivity contribution in [2.45, 2.75) is 6.04 Å². The van der Waals surface area contributed by atoms with Gasteiger partial charge in [-0.3, -0.25) is 4.79 Å². The van der Waals surface area contributed by atoms with Crippen molar-refractivity contribution in [2.24, 2.45) is 0 Å². The zero-order valence-electron chi connectivity index (χ0n) is 12.8. The molecule has 2 aromatic rings. The highest BCUT2D eigenvalue weighted by molar-refractivity contribution is 5.92. The molecule has 6 heteroatoms. The molecule has 3 rings (SSSR count). The predicted molar refractivity (Wildman–Crippen MR) is 88.1 cm³/mol. The molecule has 1 aliphatic rings. The highest BCUT2D eigenvalue weighted by Gasteiger charge is 2.29. The Morgan fingerprint density at radius 1 is 1.26 bits per heavy atom. The molecule has 1 saturated heterocycles. The van der Waals surface area contributed by atoms with Crippen LogP contribution in [0.4, 0.5) is 5.95 Å². The van der Waals surface area contributed by atoms with E-state index in [1.54, 1.807) is 36.5 Å². The average Bonchev–Trinajstić information content (AvgIpc) is 2.57. The van der Waals surface area contributed by atoms with Gasteiger partial charge in [-0.15, -0.1) is 0 Å². The standard InChI is InChI=1S/C17H18N4O2/c1-23-15-6-3-13(4-7-15)5-8-16(22)21-11-14(12-21)20-17-18-9-2-10-19-17/h2-10,14H,11-12H2,1H3,(H,18,19,20)/b8-5+. The van der Waals surface area contributed by atoms with Gasteiger partial charge in [0.05, 0.1) is 13.2 Å². The minimum absolute atomic E-state index is 0.00727. The molecule has 1 aromatic carbocycles. The van der Waals surface area contributed by atoms with Crippen molar-refractivity contribution in [1.29, 1.82) is 0 Å². The van der Waals surface area contributed by atoms with Crippen molar-refractivity contribution in [3.8, 4) is 5.75 Å². The van der Waals surface area contributed by atoms with Crippen molar-refractivity contribution in [3.05, 3.63) is 54.4 Å². The van der Waals surface area contributed by atoms with Crippen LogP contribution in [0.1, 0.15) is 5.56 Å². The van der Waals surface area contributed by atoms with E-state index in [9.17, 15) is 4.79 Å². The maximum atomic E-state index is 12.1. The Kier molecular flexibility index (Phi) is 4.52. The van der Waals surface area contributed by atoms with Crippen molar-refractivity contribution in [2.75, 3.05) is 25.5 Å². The van der Waals surface area contributed by atoms with Gasteiger partial charge in [0.15, 0.2) is 0 Å². The summed E-state index contributed by atoms with van der Waals surface area (Å²) >= 11 is 0. The van der Waals surface area contributed by atoms with Gasteiger partial charge in [0.25, 0.3) is 0 Å². The number of carbonyl (C=O) groups excluding carboxylic acids is 1. The molecule has 1 N–H and O–H groups in total. The van der Waals surface area contributed by atoms with Crippen LogP contribution in [0.25, 0.3) is 6.08 Å². The van der Waals surface area contributed by atoms with E-state index in [0.717, 1.165) is 11.3 Å². The topological polar surface area (TPSA) is 67.3 Å². The summed E-state index contributed by atoms with van der Waals surface area (Å²) in [5.74, 6) is 1.40. The van der Waals surface area contributed by atoms with Gasteiger partial charge < -0.3 is 15.0 Å². The zero-order chi connectivity index (χ0) is 16.1. The molecule has 0 unspecified atom stereocenters. The Morgan fingerprint density at radius 2 is 1.96 bits per heavy atom. The Bertz CT molecular complexity index is 679. The first-order valence-electron chi connectivity index (χ1n) is 7.39. The van der Waals surface area contributed by atoms with E-state index in [-0.39, 0.29) is 11.9 Å². The number of nitrogens with one attached hydrogen (secondary N) is 1. The third-order valence-electron chi connectivity index (χ3n) is 3.63. The van der Waals surface area contributed by atoms with Crippen LogP contribution < -0.4 is 10.1 Å². The van der Waals surface area contributed by atoms with E-state index < -0.39 is 0 Å². The first-order chi connectivity index (χ1) is 11.2. The lowest BCUT2D eigenvalue weighted by Crippen LogP contribution is -2.56. The third-order valence-corrected chi connectivity index (χ3v) is 3.63. The number of ether oxygens (including phenoxy) is 1. The highest BCUT2D eigenvalue weighted by atomic mass is 16.5. The van der Waals surface area contributed by atoms with Crippen molar-refractivity contribution < 1.29 is 9.53 Å². The van der Waals surface area contributed by atoms with Crippen LogP contribution >= 0.6 is 0 Å². The van der Waals surface area contributed by atoms with Crippen molar-refractivity contribution >= 4 is 17.9 Å². The largest absolute Gasteiger partial charge is 0.497 e. The number of methoxy groups -OCH3 is 1. The van der Waals surface area contributed by atoms with Crippen LogP contribution in [0, 0.1) is 0 Å². The number of benzene rings is 1. The van der Waals surface area contributed by atoms with Gasteiger partial charge in [-0.05, 0) is 29.8 Å². The van der Waals surface area contributed by atoms with Crippen molar-refractivity contribution in [1.82, 2.24) is 14.9 Å². The second-order valence-corrected chi connectivity index (χ2v) is 5.26. The molecule has 118 valence electrons. The Morgan fingerprint density at radius 3 is 2.61 bits per heavy atom. The Hall–Kier alpha value is -2.89. The van der Waals surface area contributed by atoms with Crippen LogP contribution in [0.2, 0.25) is 0 Å². The average molecular weight is 310 g/mol. The maximum Gasteiger partial charge on any atom is 0.246 e. The molecule has 23 heavy (non-hydrogen) atoms. The van der Waals surface area contributed by atoms with Crippen LogP contribution in [0.15, 0.2) is 48.8 Å². The molecule has 0 saturated carbocycles. The van der Waals surface area contributed by atoms with E-state index in [2.05, 4.69) is 15.3 Å². The van der Waals surface area contributed by atoms with Crippen LogP contribution in [-0.4, -0.2) is 47.0 Å². The zero-order valence-corrected chi connectivity index (χ0v) is 12.8. The fraction of sp³-hybridized carbons (Fsp3) is 0.235. The number of likely N-dealkylation sites (tertiary alicyclic amines) is 1. The smallest absolute Gasteiger partial charge is 0.246 e. The number of anilines is 1. The minimum atomic E-state index is 0.00727. The maximum absolute atomic E-state index is 12.1. The molecule has 0 radical (unpaired) electrons. The molecule has 2 heterocycles. The molecule has 0 spiro atoms. The number of hydrogen-bond donors (Lipinski definition) is 1. The number of nitrogens with zero attached hydrogens (tertiary/aromatic N) is 3. The van der Waals surface area contributed by atoms with Gasteiger partial charge >= 0.3 is 0 Å². The van der Waals surface area contributed by atoms with Gasteiger partial charge in [-0.2, -0.15) is 0 Å². The summed E-state index contributed by atoms with van der Waals surface area (Å²) in [5, 5.41) is 3.20. The Labute approximate surface area is 134 Å².